The second kappa shape index (κ2) is 12.5. The molecule has 6 aromatic rings. The minimum atomic E-state index is 0.118. The Morgan fingerprint density at radius 1 is 0.644 bits per heavy atom. The highest BCUT2D eigenvalue weighted by Gasteiger charge is 2.42. The highest BCUT2D eigenvalue weighted by atomic mass is 15.3. The van der Waals surface area contributed by atoms with E-state index >= 15 is 0 Å². The summed E-state index contributed by atoms with van der Waals surface area (Å²) in [6.45, 7) is 9.53. The van der Waals surface area contributed by atoms with Crippen molar-refractivity contribution in [1.82, 2.24) is 4.57 Å². The molecule has 0 bridgehead atoms. The summed E-state index contributed by atoms with van der Waals surface area (Å²) >= 11 is 0. The third-order valence-corrected chi connectivity index (χ3v) is 9.75. The topological polar surface area (TPSA) is 8.17 Å². The zero-order chi connectivity index (χ0) is 30.9. The van der Waals surface area contributed by atoms with Crippen LogP contribution < -0.4 is 21.3 Å². The van der Waals surface area contributed by atoms with Gasteiger partial charge in [0.05, 0.1) is 5.52 Å². The van der Waals surface area contributed by atoms with Crippen molar-refractivity contribution in [3.8, 4) is 5.69 Å². The van der Waals surface area contributed by atoms with Crippen molar-refractivity contribution in [3.63, 3.8) is 0 Å². The van der Waals surface area contributed by atoms with Gasteiger partial charge in [-0.25, -0.2) is 0 Å². The normalized spacial score (nSPS) is 13.2. The summed E-state index contributed by atoms with van der Waals surface area (Å²) in [6, 6.07) is 45.2. The molecule has 224 valence electrons. The van der Waals surface area contributed by atoms with Crippen molar-refractivity contribution in [3.05, 3.63) is 138 Å². The molecule has 1 aliphatic rings. The van der Waals surface area contributed by atoms with Crippen LogP contribution in [-0.4, -0.2) is 11.3 Å². The van der Waals surface area contributed by atoms with Crippen LogP contribution in [0.3, 0.4) is 0 Å². The largest absolute Gasteiger partial charge is 0.297 e. The van der Waals surface area contributed by atoms with Gasteiger partial charge >= 0.3 is 0 Å². The van der Waals surface area contributed by atoms with E-state index in [0.29, 0.717) is 5.92 Å². The SMILES string of the molecule is CCCc1cc(CCC)c(B2c3ccccc3N(c3ccccc3)c3c2c2ccccc2n3-c2ccccc2)c(C(C)CC)c1. The monoisotopic (exact) mass is 586 g/mol. The van der Waals surface area contributed by atoms with Crippen LogP contribution in [0.4, 0.5) is 17.2 Å². The first kappa shape index (κ1) is 29.2. The molecule has 0 radical (unpaired) electrons. The van der Waals surface area contributed by atoms with Crippen LogP contribution >= 0.6 is 0 Å². The molecule has 0 saturated carbocycles. The van der Waals surface area contributed by atoms with Gasteiger partial charge in [-0.15, -0.1) is 0 Å². The molecule has 0 amide bonds. The Morgan fingerprint density at radius 3 is 2.00 bits per heavy atom. The van der Waals surface area contributed by atoms with Gasteiger partial charge in [-0.3, -0.25) is 9.47 Å². The van der Waals surface area contributed by atoms with Gasteiger partial charge in [0.25, 0.3) is 0 Å². The Hall–Kier alpha value is -4.50. The summed E-state index contributed by atoms with van der Waals surface area (Å²) in [5, 5.41) is 1.33. The van der Waals surface area contributed by atoms with E-state index in [2.05, 4.69) is 158 Å². The van der Waals surface area contributed by atoms with Crippen LogP contribution in [0.1, 0.15) is 69.6 Å². The molecular weight excluding hydrogens is 543 g/mol. The molecule has 0 aliphatic carbocycles. The molecule has 2 heterocycles. The Kier molecular flexibility index (Phi) is 8.11. The fraction of sp³-hybridized carbons (Fsp3) is 0.238. The smallest absolute Gasteiger partial charge is 0.250 e. The van der Waals surface area contributed by atoms with Crippen LogP contribution in [0.25, 0.3) is 16.6 Å². The number of hydrogen-bond donors (Lipinski definition) is 0. The maximum atomic E-state index is 2.56. The molecule has 1 aromatic heterocycles. The molecule has 7 rings (SSSR count). The average Bonchev–Trinajstić information content (AvgIpc) is 3.42. The van der Waals surface area contributed by atoms with Crippen molar-refractivity contribution in [1.29, 1.82) is 0 Å². The highest BCUT2D eigenvalue weighted by molar-refractivity contribution is 7.00. The summed E-state index contributed by atoms with van der Waals surface area (Å²) in [6.07, 6.45) is 5.63. The molecule has 1 atom stereocenters. The van der Waals surface area contributed by atoms with E-state index in [0.717, 1.165) is 32.1 Å². The predicted octanol–water partition coefficient (Wildman–Crippen LogP) is 9.35. The third-order valence-electron chi connectivity index (χ3n) is 9.75. The van der Waals surface area contributed by atoms with Crippen molar-refractivity contribution in [2.24, 2.45) is 0 Å². The van der Waals surface area contributed by atoms with E-state index in [-0.39, 0.29) is 6.71 Å². The maximum absolute atomic E-state index is 2.56. The van der Waals surface area contributed by atoms with Crippen LogP contribution in [0.2, 0.25) is 0 Å². The molecule has 2 nitrogen and oxygen atoms in total. The van der Waals surface area contributed by atoms with Crippen molar-refractivity contribution in [2.75, 3.05) is 4.90 Å². The first-order valence-corrected chi connectivity index (χ1v) is 16.9. The number of anilines is 3. The third kappa shape index (κ3) is 4.99. The van der Waals surface area contributed by atoms with Gasteiger partial charge in [-0.05, 0) is 89.0 Å². The minimum Gasteiger partial charge on any atom is -0.297 e. The molecule has 0 N–H and O–H groups in total. The van der Waals surface area contributed by atoms with Crippen LogP contribution in [-0.2, 0) is 12.8 Å². The zero-order valence-corrected chi connectivity index (χ0v) is 27.1. The van der Waals surface area contributed by atoms with Gasteiger partial charge in [0, 0.05) is 17.1 Å². The maximum Gasteiger partial charge on any atom is 0.250 e. The molecule has 0 spiro atoms. The summed E-state index contributed by atoms with van der Waals surface area (Å²) < 4.78 is 2.51. The quantitative estimate of drug-likeness (QED) is 0.153. The summed E-state index contributed by atoms with van der Waals surface area (Å²) in [7, 11) is 0. The minimum absolute atomic E-state index is 0.118. The van der Waals surface area contributed by atoms with Crippen molar-refractivity contribution >= 4 is 51.2 Å². The van der Waals surface area contributed by atoms with E-state index in [1.54, 1.807) is 0 Å². The molecule has 3 heteroatoms. The van der Waals surface area contributed by atoms with Gasteiger partial charge in [0.1, 0.15) is 5.82 Å². The van der Waals surface area contributed by atoms with Crippen LogP contribution in [0.15, 0.2) is 121 Å². The number of nitrogens with zero attached hydrogens (tertiary/aromatic N) is 2. The van der Waals surface area contributed by atoms with Crippen LogP contribution in [0.5, 0.6) is 0 Å². The molecule has 0 saturated heterocycles. The van der Waals surface area contributed by atoms with Gasteiger partial charge < -0.3 is 0 Å². The van der Waals surface area contributed by atoms with Gasteiger partial charge in [0.2, 0.25) is 6.71 Å². The first-order chi connectivity index (χ1) is 22.2. The molecule has 1 aliphatic heterocycles. The molecule has 45 heavy (non-hydrogen) atoms. The second-order valence-corrected chi connectivity index (χ2v) is 12.7. The van der Waals surface area contributed by atoms with Crippen molar-refractivity contribution in [2.45, 2.75) is 65.7 Å². The Bertz CT molecular complexity index is 1940. The molecule has 5 aromatic carbocycles. The first-order valence-electron chi connectivity index (χ1n) is 16.9. The van der Waals surface area contributed by atoms with E-state index in [4.69, 9.17) is 0 Å². The Morgan fingerprint density at radius 2 is 1.29 bits per heavy atom. The van der Waals surface area contributed by atoms with E-state index < -0.39 is 0 Å². The summed E-state index contributed by atoms with van der Waals surface area (Å²) in [5.41, 5.74) is 13.7. The van der Waals surface area contributed by atoms with Gasteiger partial charge in [0.15, 0.2) is 0 Å². The number of aryl methyl sites for hydroxylation is 2. The fourth-order valence-corrected chi connectivity index (χ4v) is 7.63. The zero-order valence-electron chi connectivity index (χ0n) is 27.1. The van der Waals surface area contributed by atoms with E-state index in [1.807, 2.05) is 0 Å². The number of hydrogen-bond acceptors (Lipinski definition) is 1. The number of benzene rings is 5. The standard InChI is InChI=1S/C42H43BN2/c1-5-18-31-28-32(19-6-2)40(36(29-31)30(4)7-3)43-37-25-15-17-27-39(37)45(34-22-12-9-13-23-34)42-41(43)35-24-14-16-26-38(35)44(42)33-20-10-8-11-21-33/h8-17,20-30H,5-7,18-19H2,1-4H3. The molecular formula is C42H43BN2. The van der Waals surface area contributed by atoms with E-state index in [9.17, 15) is 0 Å². The number of para-hydroxylation sites is 4. The Balaban J connectivity index is 1.66. The number of rotatable bonds is 9. The Labute approximate surface area is 269 Å². The van der Waals surface area contributed by atoms with Crippen molar-refractivity contribution < 1.29 is 0 Å². The number of fused-ring (bicyclic) bond motifs is 4. The number of aromatic nitrogens is 1. The van der Waals surface area contributed by atoms with Gasteiger partial charge in [-0.2, -0.15) is 0 Å². The fourth-order valence-electron chi connectivity index (χ4n) is 7.63. The predicted molar refractivity (Wildman–Crippen MR) is 196 cm³/mol. The second-order valence-electron chi connectivity index (χ2n) is 12.7. The lowest BCUT2D eigenvalue weighted by Crippen LogP contribution is -2.59. The van der Waals surface area contributed by atoms with Crippen LogP contribution in [0, 0.1) is 0 Å². The summed E-state index contributed by atoms with van der Waals surface area (Å²) in [4.78, 5) is 2.52. The van der Waals surface area contributed by atoms with E-state index in [1.165, 1.54) is 66.9 Å². The highest BCUT2D eigenvalue weighted by Crippen LogP contribution is 2.41. The lowest BCUT2D eigenvalue weighted by molar-refractivity contribution is 0.733. The van der Waals surface area contributed by atoms with Gasteiger partial charge in [-0.1, -0.05) is 136 Å². The molecule has 0 fully saturated rings. The summed E-state index contributed by atoms with van der Waals surface area (Å²) in [5.74, 6) is 1.71. The molecule has 1 unspecified atom stereocenters. The average molecular weight is 587 g/mol. The lowest BCUT2D eigenvalue weighted by Gasteiger charge is -2.38. The lowest BCUT2D eigenvalue weighted by atomic mass is 9.33.